The van der Waals surface area contributed by atoms with Crippen molar-refractivity contribution in [1.82, 2.24) is 9.71 Å². The minimum atomic E-state index is -4.65. The molecule has 1 N–H and O–H groups in total. The zero-order valence-electron chi connectivity index (χ0n) is 11.6. The summed E-state index contributed by atoms with van der Waals surface area (Å²) in [7, 11) is -4.14. The minimum Gasteiger partial charge on any atom is -0.265 e. The van der Waals surface area contributed by atoms with Crippen LogP contribution in [0.4, 0.5) is 13.2 Å². The molecule has 0 saturated heterocycles. The molecule has 23 heavy (non-hydrogen) atoms. The summed E-state index contributed by atoms with van der Waals surface area (Å²) in [6.07, 6.45) is -1.15. The van der Waals surface area contributed by atoms with Crippen LogP contribution in [0.2, 0.25) is 5.02 Å². The first-order chi connectivity index (χ1) is 10.7. The maximum absolute atomic E-state index is 12.7. The molecule has 2 aromatic rings. The van der Waals surface area contributed by atoms with Crippen LogP contribution in [0, 0.1) is 0 Å². The highest BCUT2D eigenvalue weighted by Gasteiger charge is 2.32. The van der Waals surface area contributed by atoms with Gasteiger partial charge in [-0.1, -0.05) is 11.6 Å². The van der Waals surface area contributed by atoms with Gasteiger partial charge in [0.15, 0.2) is 0 Å². The van der Waals surface area contributed by atoms with E-state index in [0.29, 0.717) is 12.5 Å². The van der Waals surface area contributed by atoms with E-state index in [0.717, 1.165) is 17.7 Å². The predicted molar refractivity (Wildman–Crippen MR) is 79.6 cm³/mol. The van der Waals surface area contributed by atoms with Crippen molar-refractivity contribution >= 4 is 21.6 Å². The van der Waals surface area contributed by atoms with Gasteiger partial charge in [0.1, 0.15) is 4.90 Å². The summed E-state index contributed by atoms with van der Waals surface area (Å²) >= 11 is 5.73. The Balaban J connectivity index is 2.16. The van der Waals surface area contributed by atoms with Crippen molar-refractivity contribution in [1.29, 1.82) is 0 Å². The summed E-state index contributed by atoms with van der Waals surface area (Å²) in [5.41, 5.74) is -0.228. The lowest BCUT2D eigenvalue weighted by molar-refractivity contribution is -0.137. The van der Waals surface area contributed by atoms with Crippen molar-refractivity contribution in [3.8, 4) is 0 Å². The Labute approximate surface area is 136 Å². The molecule has 0 saturated carbocycles. The third kappa shape index (κ3) is 4.66. The van der Waals surface area contributed by atoms with E-state index in [2.05, 4.69) is 9.71 Å². The number of pyridine rings is 1. The Morgan fingerprint density at radius 1 is 1.13 bits per heavy atom. The zero-order chi connectivity index (χ0) is 17.1. The number of sulfonamides is 1. The molecule has 0 aliphatic carbocycles. The Morgan fingerprint density at radius 3 is 2.39 bits per heavy atom. The Hall–Kier alpha value is -1.64. The van der Waals surface area contributed by atoms with Crippen LogP contribution in [0.25, 0.3) is 0 Å². The normalized spacial score (nSPS) is 12.3. The van der Waals surface area contributed by atoms with Crippen molar-refractivity contribution in [2.75, 3.05) is 6.54 Å². The molecule has 1 aromatic heterocycles. The van der Waals surface area contributed by atoms with Gasteiger partial charge in [-0.05, 0) is 42.3 Å². The van der Waals surface area contributed by atoms with Crippen molar-refractivity contribution in [2.45, 2.75) is 17.5 Å². The molecule has 124 valence electrons. The van der Waals surface area contributed by atoms with Crippen molar-refractivity contribution in [3.63, 3.8) is 0 Å². The lowest BCUT2D eigenvalue weighted by Crippen LogP contribution is -2.26. The van der Waals surface area contributed by atoms with Gasteiger partial charge in [0.05, 0.1) is 10.6 Å². The second-order valence-electron chi connectivity index (χ2n) is 4.65. The number of hydrogen-bond acceptors (Lipinski definition) is 3. The summed E-state index contributed by atoms with van der Waals surface area (Å²) in [5, 5.41) is -0.269. The summed E-state index contributed by atoms with van der Waals surface area (Å²) < 4.78 is 64.6. The molecule has 0 atom stereocenters. The second kappa shape index (κ2) is 6.86. The molecule has 0 aliphatic rings. The van der Waals surface area contributed by atoms with Gasteiger partial charge >= 0.3 is 6.18 Å². The highest BCUT2D eigenvalue weighted by molar-refractivity contribution is 7.89. The van der Waals surface area contributed by atoms with Crippen LogP contribution in [0.5, 0.6) is 0 Å². The van der Waals surface area contributed by atoms with E-state index >= 15 is 0 Å². The molecule has 0 radical (unpaired) electrons. The average molecular weight is 365 g/mol. The van der Waals surface area contributed by atoms with Gasteiger partial charge in [-0.25, -0.2) is 13.1 Å². The molecule has 0 fully saturated rings. The first-order valence-corrected chi connectivity index (χ1v) is 8.31. The van der Waals surface area contributed by atoms with Crippen LogP contribution in [-0.2, 0) is 22.6 Å². The smallest absolute Gasteiger partial charge is 0.265 e. The van der Waals surface area contributed by atoms with Crippen molar-refractivity contribution in [2.24, 2.45) is 0 Å². The van der Waals surface area contributed by atoms with Gasteiger partial charge in [0.25, 0.3) is 0 Å². The summed E-state index contributed by atoms with van der Waals surface area (Å²) in [6.45, 7) is 0.0267. The largest absolute Gasteiger partial charge is 0.416 e. The van der Waals surface area contributed by atoms with E-state index in [1.165, 1.54) is 0 Å². The molecule has 0 spiro atoms. The van der Waals surface area contributed by atoms with E-state index < -0.39 is 26.7 Å². The number of hydrogen-bond donors (Lipinski definition) is 1. The maximum atomic E-state index is 12.7. The first-order valence-electron chi connectivity index (χ1n) is 6.45. The third-order valence-electron chi connectivity index (χ3n) is 3.00. The van der Waals surface area contributed by atoms with Gasteiger partial charge in [-0.15, -0.1) is 0 Å². The molecular formula is C14H12ClF3N2O2S. The van der Waals surface area contributed by atoms with Crippen LogP contribution in [-0.4, -0.2) is 19.9 Å². The van der Waals surface area contributed by atoms with Gasteiger partial charge in [0.2, 0.25) is 10.0 Å². The molecule has 1 aromatic carbocycles. The molecule has 0 amide bonds. The van der Waals surface area contributed by atoms with Gasteiger partial charge < -0.3 is 0 Å². The Morgan fingerprint density at radius 2 is 1.78 bits per heavy atom. The van der Waals surface area contributed by atoms with Crippen LogP contribution >= 0.6 is 11.6 Å². The van der Waals surface area contributed by atoms with E-state index in [1.54, 1.807) is 24.5 Å². The van der Waals surface area contributed by atoms with E-state index in [1.807, 2.05) is 0 Å². The van der Waals surface area contributed by atoms with Gasteiger partial charge in [0, 0.05) is 18.9 Å². The SMILES string of the molecule is O=S(=O)(NCCc1ccncc1)c1cc(C(F)(F)F)ccc1Cl. The number of halogens is 4. The molecule has 4 nitrogen and oxygen atoms in total. The minimum absolute atomic E-state index is 0.0267. The van der Waals surface area contributed by atoms with Crippen LogP contribution in [0.3, 0.4) is 0 Å². The Bertz CT molecular complexity index is 780. The maximum Gasteiger partial charge on any atom is 0.416 e. The lowest BCUT2D eigenvalue weighted by atomic mass is 10.2. The standard InChI is InChI=1S/C14H12ClF3N2O2S/c15-12-2-1-11(14(16,17)18)9-13(12)23(21,22)20-8-5-10-3-6-19-7-4-10/h1-4,6-7,9,20H,5,8H2. The first kappa shape index (κ1) is 17.7. The summed E-state index contributed by atoms with van der Waals surface area (Å²) in [5.74, 6) is 0. The number of aromatic nitrogens is 1. The van der Waals surface area contributed by atoms with E-state index in [-0.39, 0.29) is 11.6 Å². The molecule has 2 rings (SSSR count). The number of nitrogens with one attached hydrogen (secondary N) is 1. The van der Waals surface area contributed by atoms with Gasteiger partial charge in [-0.3, -0.25) is 4.98 Å². The molecular weight excluding hydrogens is 353 g/mol. The van der Waals surface area contributed by atoms with E-state index in [4.69, 9.17) is 11.6 Å². The molecule has 9 heteroatoms. The highest BCUT2D eigenvalue weighted by Crippen LogP contribution is 2.33. The van der Waals surface area contributed by atoms with Crippen LogP contribution < -0.4 is 4.72 Å². The fraction of sp³-hybridized carbons (Fsp3) is 0.214. The quantitative estimate of drug-likeness (QED) is 0.885. The zero-order valence-corrected chi connectivity index (χ0v) is 13.2. The third-order valence-corrected chi connectivity index (χ3v) is 4.95. The molecule has 0 bridgehead atoms. The number of nitrogens with zero attached hydrogens (tertiary/aromatic N) is 1. The number of rotatable bonds is 5. The van der Waals surface area contributed by atoms with Crippen LogP contribution in [0.15, 0.2) is 47.6 Å². The summed E-state index contributed by atoms with van der Waals surface area (Å²) in [4.78, 5) is 3.24. The predicted octanol–water partition coefficient (Wildman–Crippen LogP) is 3.27. The average Bonchev–Trinajstić information content (AvgIpc) is 2.47. The monoisotopic (exact) mass is 364 g/mol. The molecule has 1 heterocycles. The van der Waals surface area contributed by atoms with E-state index in [9.17, 15) is 21.6 Å². The number of alkyl halides is 3. The summed E-state index contributed by atoms with van der Waals surface area (Å²) in [6, 6.07) is 5.61. The number of benzene rings is 1. The lowest BCUT2D eigenvalue weighted by Gasteiger charge is -2.12. The van der Waals surface area contributed by atoms with Gasteiger partial charge in [-0.2, -0.15) is 13.2 Å². The topological polar surface area (TPSA) is 59.1 Å². The Kier molecular flexibility index (Phi) is 5.28. The second-order valence-corrected chi connectivity index (χ2v) is 6.79. The van der Waals surface area contributed by atoms with Crippen molar-refractivity contribution < 1.29 is 21.6 Å². The molecule has 0 aliphatic heterocycles. The fourth-order valence-corrected chi connectivity index (χ4v) is 3.40. The van der Waals surface area contributed by atoms with Crippen molar-refractivity contribution in [3.05, 3.63) is 58.9 Å². The highest BCUT2D eigenvalue weighted by atomic mass is 35.5. The molecule has 0 unspecified atom stereocenters. The fourth-order valence-electron chi connectivity index (χ4n) is 1.84. The van der Waals surface area contributed by atoms with Crippen LogP contribution in [0.1, 0.15) is 11.1 Å².